The lowest BCUT2D eigenvalue weighted by Gasteiger charge is -2.43. The lowest BCUT2D eigenvalue weighted by Crippen LogP contribution is -2.40. The van der Waals surface area contributed by atoms with Crippen LogP contribution in [0.5, 0.6) is 0 Å². The van der Waals surface area contributed by atoms with Gasteiger partial charge in [0.2, 0.25) is 0 Å². The second-order valence-electron chi connectivity index (χ2n) is 5.33. The van der Waals surface area contributed by atoms with Crippen LogP contribution in [0.25, 0.3) is 0 Å². The molecule has 0 atom stereocenters. The van der Waals surface area contributed by atoms with E-state index in [1.807, 2.05) is 0 Å². The van der Waals surface area contributed by atoms with Crippen LogP contribution in [0.1, 0.15) is 47.5 Å². The van der Waals surface area contributed by atoms with Crippen molar-refractivity contribution < 1.29 is 14.3 Å². The van der Waals surface area contributed by atoms with E-state index < -0.39 is 0 Å². The molecule has 0 aliphatic heterocycles. The predicted molar refractivity (Wildman–Crippen MR) is 65.3 cm³/mol. The van der Waals surface area contributed by atoms with Crippen molar-refractivity contribution in [2.24, 2.45) is 10.8 Å². The number of ether oxygens (including phenoxy) is 2. The average molecular weight is 230 g/mol. The van der Waals surface area contributed by atoms with Crippen molar-refractivity contribution >= 4 is 5.97 Å². The molecule has 0 saturated heterocycles. The lowest BCUT2D eigenvalue weighted by atomic mass is 9.64. The van der Waals surface area contributed by atoms with Gasteiger partial charge in [-0.2, -0.15) is 0 Å². The quantitative estimate of drug-likeness (QED) is 0.658. The van der Waals surface area contributed by atoms with Crippen LogP contribution in [0.15, 0.2) is 0 Å². The molecule has 0 amide bonds. The zero-order valence-corrected chi connectivity index (χ0v) is 11.6. The third-order valence-corrected chi connectivity index (χ3v) is 3.72. The Labute approximate surface area is 99.5 Å². The summed E-state index contributed by atoms with van der Waals surface area (Å²) in [5, 5.41) is 0. The molecule has 0 aromatic carbocycles. The number of carbonyl (C=O) groups is 1. The van der Waals surface area contributed by atoms with Crippen molar-refractivity contribution in [3.05, 3.63) is 0 Å². The van der Waals surface area contributed by atoms with Crippen LogP contribution in [0.4, 0.5) is 0 Å². The smallest absolute Gasteiger partial charge is 0.332 e. The van der Waals surface area contributed by atoms with Gasteiger partial charge in [-0.05, 0) is 18.3 Å². The Morgan fingerprint density at radius 3 is 1.94 bits per heavy atom. The molecule has 0 aromatic rings. The van der Waals surface area contributed by atoms with Crippen LogP contribution in [0.3, 0.4) is 0 Å². The number of hydrogen-bond donors (Lipinski definition) is 0. The summed E-state index contributed by atoms with van der Waals surface area (Å²) in [6.07, 6.45) is 2.01. The molecule has 0 aliphatic rings. The molecule has 16 heavy (non-hydrogen) atoms. The molecule has 0 fully saturated rings. The fourth-order valence-corrected chi connectivity index (χ4v) is 2.11. The summed E-state index contributed by atoms with van der Waals surface area (Å²) >= 11 is 0. The van der Waals surface area contributed by atoms with Crippen LogP contribution >= 0.6 is 0 Å². The van der Waals surface area contributed by atoms with Gasteiger partial charge in [0.1, 0.15) is 6.61 Å². The summed E-state index contributed by atoms with van der Waals surface area (Å²) in [5.41, 5.74) is 0.181. The maximum absolute atomic E-state index is 11.3. The number of esters is 1. The van der Waals surface area contributed by atoms with E-state index in [-0.39, 0.29) is 23.4 Å². The Morgan fingerprint density at radius 2 is 1.62 bits per heavy atom. The zero-order valence-electron chi connectivity index (χ0n) is 11.6. The highest BCUT2D eigenvalue weighted by Gasteiger charge is 2.39. The second-order valence-corrected chi connectivity index (χ2v) is 5.33. The van der Waals surface area contributed by atoms with E-state index in [0.717, 1.165) is 12.8 Å². The predicted octanol–water partition coefficient (Wildman–Crippen LogP) is 3.03. The fourth-order valence-electron chi connectivity index (χ4n) is 2.11. The summed E-state index contributed by atoms with van der Waals surface area (Å²) < 4.78 is 10.0. The molecular formula is C13H26O3. The van der Waals surface area contributed by atoms with Crippen LogP contribution < -0.4 is 0 Å². The van der Waals surface area contributed by atoms with Gasteiger partial charge in [0.25, 0.3) is 0 Å². The van der Waals surface area contributed by atoms with E-state index in [2.05, 4.69) is 34.6 Å². The highest BCUT2D eigenvalue weighted by Crippen LogP contribution is 2.44. The molecule has 0 heterocycles. The zero-order chi connectivity index (χ0) is 12.8. The first-order valence-electron chi connectivity index (χ1n) is 5.97. The van der Waals surface area contributed by atoms with E-state index in [0.29, 0.717) is 6.61 Å². The van der Waals surface area contributed by atoms with Gasteiger partial charge in [-0.25, -0.2) is 4.79 Å². The first-order chi connectivity index (χ1) is 7.33. The number of carbonyl (C=O) groups excluding carboxylic acids is 1. The standard InChI is InChI=1S/C13H26O3/c1-7-13(8-2,12(3,4)5)10-16-11(14)9-15-6/h7-10H2,1-6H3. The third kappa shape index (κ3) is 3.78. The van der Waals surface area contributed by atoms with Crippen LogP contribution in [0.2, 0.25) is 0 Å². The van der Waals surface area contributed by atoms with Crippen LogP contribution in [-0.2, 0) is 14.3 Å². The van der Waals surface area contributed by atoms with E-state index in [4.69, 9.17) is 9.47 Å². The van der Waals surface area contributed by atoms with E-state index >= 15 is 0 Å². The minimum atomic E-state index is -0.280. The van der Waals surface area contributed by atoms with Crippen molar-refractivity contribution in [1.29, 1.82) is 0 Å². The number of methoxy groups -OCH3 is 1. The second kappa shape index (κ2) is 6.24. The summed E-state index contributed by atoms with van der Waals surface area (Å²) in [7, 11) is 1.50. The normalized spacial score (nSPS) is 12.6. The van der Waals surface area contributed by atoms with Crippen LogP contribution in [0, 0.1) is 10.8 Å². The van der Waals surface area contributed by atoms with E-state index in [1.165, 1.54) is 7.11 Å². The van der Waals surface area contributed by atoms with Gasteiger partial charge in [-0.1, -0.05) is 34.6 Å². The van der Waals surface area contributed by atoms with Gasteiger partial charge in [0.15, 0.2) is 0 Å². The minimum Gasteiger partial charge on any atom is -0.463 e. The number of rotatable bonds is 6. The first kappa shape index (κ1) is 15.4. The first-order valence-corrected chi connectivity index (χ1v) is 5.97. The molecule has 3 nitrogen and oxygen atoms in total. The van der Waals surface area contributed by atoms with Crippen LogP contribution in [-0.4, -0.2) is 26.3 Å². The molecule has 96 valence electrons. The Kier molecular flexibility index (Phi) is 6.01. The Hall–Kier alpha value is -0.570. The minimum absolute atomic E-state index is 0.0354. The summed E-state index contributed by atoms with van der Waals surface area (Å²) in [4.78, 5) is 11.3. The fraction of sp³-hybridized carbons (Fsp3) is 0.923. The lowest BCUT2D eigenvalue weighted by molar-refractivity contribution is -0.155. The molecule has 0 saturated carbocycles. The van der Waals surface area contributed by atoms with Gasteiger partial charge >= 0.3 is 5.97 Å². The topological polar surface area (TPSA) is 35.5 Å². The summed E-state index contributed by atoms with van der Waals surface area (Å²) in [6.45, 7) is 11.4. The van der Waals surface area contributed by atoms with E-state index in [9.17, 15) is 4.79 Å². The molecule has 0 radical (unpaired) electrons. The van der Waals surface area contributed by atoms with Gasteiger partial charge < -0.3 is 9.47 Å². The Morgan fingerprint density at radius 1 is 1.12 bits per heavy atom. The van der Waals surface area contributed by atoms with Crippen molar-refractivity contribution in [3.63, 3.8) is 0 Å². The largest absolute Gasteiger partial charge is 0.463 e. The molecule has 3 heteroatoms. The van der Waals surface area contributed by atoms with E-state index in [1.54, 1.807) is 0 Å². The highest BCUT2D eigenvalue weighted by atomic mass is 16.6. The van der Waals surface area contributed by atoms with Crippen molar-refractivity contribution in [2.45, 2.75) is 47.5 Å². The Bertz CT molecular complexity index is 212. The molecule has 0 aromatic heterocycles. The third-order valence-electron chi connectivity index (χ3n) is 3.72. The van der Waals surface area contributed by atoms with Gasteiger partial charge in [-0.3, -0.25) is 0 Å². The monoisotopic (exact) mass is 230 g/mol. The van der Waals surface area contributed by atoms with Gasteiger partial charge in [-0.15, -0.1) is 0 Å². The summed E-state index contributed by atoms with van der Waals surface area (Å²) in [6, 6.07) is 0. The van der Waals surface area contributed by atoms with Gasteiger partial charge in [0, 0.05) is 12.5 Å². The van der Waals surface area contributed by atoms with Crippen molar-refractivity contribution in [1.82, 2.24) is 0 Å². The highest BCUT2D eigenvalue weighted by molar-refractivity contribution is 5.70. The Balaban J connectivity index is 4.52. The van der Waals surface area contributed by atoms with Crippen molar-refractivity contribution in [3.8, 4) is 0 Å². The molecule has 0 bridgehead atoms. The molecule has 0 aliphatic carbocycles. The molecular weight excluding hydrogens is 204 g/mol. The molecule has 0 spiro atoms. The molecule has 0 N–H and O–H groups in total. The van der Waals surface area contributed by atoms with Gasteiger partial charge in [0.05, 0.1) is 6.61 Å². The SMILES string of the molecule is CCC(CC)(COC(=O)COC)C(C)(C)C. The molecule has 0 unspecified atom stereocenters. The maximum Gasteiger partial charge on any atom is 0.332 e. The number of hydrogen-bond acceptors (Lipinski definition) is 3. The van der Waals surface area contributed by atoms with Crippen molar-refractivity contribution in [2.75, 3.05) is 20.3 Å². The molecule has 0 rings (SSSR count). The summed E-state index contributed by atoms with van der Waals surface area (Å²) in [5.74, 6) is -0.280. The average Bonchev–Trinajstić information content (AvgIpc) is 2.18. The maximum atomic E-state index is 11.3.